The molecule has 2 fully saturated rings. The molecule has 0 saturated carbocycles. The maximum atomic E-state index is 12.0. The zero-order valence-corrected chi connectivity index (χ0v) is 13.0. The van der Waals surface area contributed by atoms with Gasteiger partial charge in [0, 0.05) is 6.20 Å². The van der Waals surface area contributed by atoms with Gasteiger partial charge in [0.1, 0.15) is 0 Å². The number of carbonyl (C=O) groups is 3. The van der Waals surface area contributed by atoms with Crippen LogP contribution in [0.25, 0.3) is 0 Å². The topological polar surface area (TPSA) is 99.6 Å². The van der Waals surface area contributed by atoms with Crippen molar-refractivity contribution in [3.8, 4) is 0 Å². The van der Waals surface area contributed by atoms with E-state index in [1.165, 1.54) is 16.7 Å². The van der Waals surface area contributed by atoms with Gasteiger partial charge in [-0.2, -0.15) is 0 Å². The zero-order chi connectivity index (χ0) is 15.7. The van der Waals surface area contributed by atoms with E-state index in [1.807, 2.05) is 12.1 Å². The molecule has 2 saturated heterocycles. The Labute approximate surface area is 134 Å². The first-order chi connectivity index (χ1) is 10.6. The van der Waals surface area contributed by atoms with E-state index >= 15 is 0 Å². The number of aromatic nitrogens is 1. The number of nitrogens with one attached hydrogen (secondary N) is 1. The molecule has 1 aromatic heterocycles. The molecule has 0 aliphatic carbocycles. The highest BCUT2D eigenvalue weighted by Crippen LogP contribution is 2.42. The molecule has 3 heterocycles. The van der Waals surface area contributed by atoms with E-state index in [9.17, 15) is 14.4 Å². The molecule has 3 rings (SSSR count). The van der Waals surface area contributed by atoms with Crippen LogP contribution in [0.15, 0.2) is 29.4 Å². The molecule has 0 radical (unpaired) electrons. The first kappa shape index (κ1) is 15.2. The SMILES string of the molecule is O=C(CSc1ccccn1)NC1SC(C(=O)O)N2C(=O)CC12. The molecule has 116 valence electrons. The highest BCUT2D eigenvalue weighted by atomic mass is 32.2. The number of fused-ring (bicyclic) bond motifs is 1. The lowest BCUT2D eigenvalue weighted by Gasteiger charge is -2.37. The molecule has 1 aromatic rings. The van der Waals surface area contributed by atoms with Crippen LogP contribution in [0.3, 0.4) is 0 Å². The van der Waals surface area contributed by atoms with Gasteiger partial charge >= 0.3 is 5.97 Å². The van der Waals surface area contributed by atoms with Crippen molar-refractivity contribution < 1.29 is 19.5 Å². The minimum Gasteiger partial charge on any atom is -0.479 e. The second-order valence-electron chi connectivity index (χ2n) is 4.84. The molecular formula is C13H13N3O4S2. The van der Waals surface area contributed by atoms with Crippen LogP contribution in [-0.4, -0.2) is 55.3 Å². The second-order valence-corrected chi connectivity index (χ2v) is 7.07. The summed E-state index contributed by atoms with van der Waals surface area (Å²) in [5.74, 6) is -1.22. The van der Waals surface area contributed by atoms with Crippen molar-refractivity contribution in [2.45, 2.75) is 28.2 Å². The fraction of sp³-hybridized carbons (Fsp3) is 0.385. The first-order valence-electron chi connectivity index (χ1n) is 6.59. The van der Waals surface area contributed by atoms with Crippen molar-refractivity contribution in [2.75, 3.05) is 5.75 Å². The Morgan fingerprint density at radius 2 is 2.32 bits per heavy atom. The molecule has 2 N–H and O–H groups in total. The molecule has 2 amide bonds. The van der Waals surface area contributed by atoms with E-state index in [0.717, 1.165) is 16.8 Å². The number of carbonyl (C=O) groups excluding carboxylic acids is 2. The van der Waals surface area contributed by atoms with E-state index in [0.29, 0.717) is 0 Å². The van der Waals surface area contributed by atoms with E-state index in [2.05, 4.69) is 10.3 Å². The number of aliphatic carboxylic acids is 1. The van der Waals surface area contributed by atoms with Crippen LogP contribution in [0, 0.1) is 0 Å². The number of pyridine rings is 1. The lowest BCUT2D eigenvalue weighted by molar-refractivity contribution is -0.155. The largest absolute Gasteiger partial charge is 0.479 e. The minimum absolute atomic E-state index is 0.176. The monoisotopic (exact) mass is 339 g/mol. The standard InChI is InChI=1S/C13H13N3O4S2/c17-8(6-21-9-3-1-2-4-14-9)15-11-7-5-10(18)16(7)12(22-11)13(19)20/h1-4,7,11-12H,5-6H2,(H,15,17)(H,19,20). The van der Waals surface area contributed by atoms with Crippen molar-refractivity contribution >= 4 is 41.3 Å². The summed E-state index contributed by atoms with van der Waals surface area (Å²) in [6, 6.07) is 5.24. The van der Waals surface area contributed by atoms with Gasteiger partial charge in [-0.25, -0.2) is 9.78 Å². The second kappa shape index (κ2) is 6.17. The molecule has 3 unspecified atom stereocenters. The zero-order valence-electron chi connectivity index (χ0n) is 11.3. The third kappa shape index (κ3) is 2.91. The maximum Gasteiger partial charge on any atom is 0.337 e. The highest BCUT2D eigenvalue weighted by molar-refractivity contribution is 8.01. The van der Waals surface area contributed by atoms with Gasteiger partial charge in [-0.1, -0.05) is 29.6 Å². The van der Waals surface area contributed by atoms with Crippen molar-refractivity contribution in [1.82, 2.24) is 15.2 Å². The number of carboxylic acids is 1. The van der Waals surface area contributed by atoms with Crippen LogP contribution < -0.4 is 5.32 Å². The highest BCUT2D eigenvalue weighted by Gasteiger charge is 2.55. The number of hydrogen-bond acceptors (Lipinski definition) is 6. The Balaban J connectivity index is 1.54. The summed E-state index contributed by atoms with van der Waals surface area (Å²) in [6.07, 6.45) is 1.94. The van der Waals surface area contributed by atoms with Gasteiger partial charge in [-0.3, -0.25) is 9.59 Å². The number of carboxylic acid groups (broad SMARTS) is 1. The summed E-state index contributed by atoms with van der Waals surface area (Å²) in [7, 11) is 0. The summed E-state index contributed by atoms with van der Waals surface area (Å²) in [6.45, 7) is 0. The summed E-state index contributed by atoms with van der Waals surface area (Å²) >= 11 is 2.41. The number of hydrogen-bond donors (Lipinski definition) is 2. The van der Waals surface area contributed by atoms with Crippen LogP contribution in [0.1, 0.15) is 6.42 Å². The summed E-state index contributed by atoms with van der Waals surface area (Å²) in [5, 5.41) is 11.4. The van der Waals surface area contributed by atoms with Crippen molar-refractivity contribution in [2.24, 2.45) is 0 Å². The summed E-state index contributed by atoms with van der Waals surface area (Å²) < 4.78 is 0. The normalized spacial score (nSPS) is 26.3. The van der Waals surface area contributed by atoms with E-state index in [1.54, 1.807) is 12.3 Å². The van der Waals surface area contributed by atoms with Crippen LogP contribution >= 0.6 is 23.5 Å². The van der Waals surface area contributed by atoms with Crippen LogP contribution in [0.2, 0.25) is 0 Å². The van der Waals surface area contributed by atoms with Crippen LogP contribution in [-0.2, 0) is 14.4 Å². The molecule has 3 atom stereocenters. The number of thioether (sulfide) groups is 2. The Bertz CT molecular complexity index is 605. The fourth-order valence-corrected chi connectivity index (χ4v) is 4.47. The average molecular weight is 339 g/mol. The molecular weight excluding hydrogens is 326 g/mol. The van der Waals surface area contributed by atoms with Gasteiger partial charge in [0.2, 0.25) is 11.8 Å². The predicted octanol–water partition coefficient (Wildman–Crippen LogP) is 0.374. The first-order valence-corrected chi connectivity index (χ1v) is 8.52. The third-order valence-electron chi connectivity index (χ3n) is 3.41. The van der Waals surface area contributed by atoms with Gasteiger partial charge in [0.25, 0.3) is 0 Å². The van der Waals surface area contributed by atoms with Crippen LogP contribution in [0.5, 0.6) is 0 Å². The van der Waals surface area contributed by atoms with E-state index in [-0.39, 0.29) is 35.4 Å². The lowest BCUT2D eigenvalue weighted by Crippen LogP contribution is -2.58. The van der Waals surface area contributed by atoms with Crippen molar-refractivity contribution in [1.29, 1.82) is 0 Å². The Morgan fingerprint density at radius 3 is 2.91 bits per heavy atom. The van der Waals surface area contributed by atoms with Crippen molar-refractivity contribution in [3.63, 3.8) is 0 Å². The lowest BCUT2D eigenvalue weighted by atomic mass is 10.0. The predicted molar refractivity (Wildman–Crippen MR) is 81.2 cm³/mol. The van der Waals surface area contributed by atoms with Crippen molar-refractivity contribution in [3.05, 3.63) is 24.4 Å². The fourth-order valence-electron chi connectivity index (χ4n) is 2.39. The van der Waals surface area contributed by atoms with E-state index < -0.39 is 11.3 Å². The van der Waals surface area contributed by atoms with Crippen LogP contribution in [0.4, 0.5) is 0 Å². The summed E-state index contributed by atoms with van der Waals surface area (Å²) in [4.78, 5) is 40.1. The Hall–Kier alpha value is -1.74. The maximum absolute atomic E-state index is 12.0. The molecule has 7 nitrogen and oxygen atoms in total. The number of β-lactam (4-membered cyclic amide) rings is 1. The van der Waals surface area contributed by atoms with Gasteiger partial charge in [0.05, 0.1) is 28.6 Å². The number of amides is 2. The smallest absolute Gasteiger partial charge is 0.337 e. The molecule has 0 bridgehead atoms. The number of rotatable bonds is 5. The van der Waals surface area contributed by atoms with Gasteiger partial charge in [0.15, 0.2) is 5.37 Å². The third-order valence-corrected chi connectivity index (χ3v) is 5.77. The Morgan fingerprint density at radius 1 is 1.50 bits per heavy atom. The molecule has 2 aliphatic rings. The number of nitrogens with zero attached hydrogens (tertiary/aromatic N) is 2. The van der Waals surface area contributed by atoms with Gasteiger partial charge < -0.3 is 15.3 Å². The summed E-state index contributed by atoms with van der Waals surface area (Å²) in [5.41, 5.74) is 0. The molecule has 2 aliphatic heterocycles. The van der Waals surface area contributed by atoms with E-state index in [4.69, 9.17) is 5.11 Å². The molecule has 0 spiro atoms. The average Bonchev–Trinajstić information content (AvgIpc) is 2.79. The quantitative estimate of drug-likeness (QED) is 0.591. The molecule has 9 heteroatoms. The van der Waals surface area contributed by atoms with Gasteiger partial charge in [-0.05, 0) is 12.1 Å². The minimum atomic E-state index is -1.05. The van der Waals surface area contributed by atoms with Gasteiger partial charge in [-0.15, -0.1) is 0 Å². The molecule has 22 heavy (non-hydrogen) atoms. The molecule has 0 aromatic carbocycles. The Kier molecular flexibility index (Phi) is 4.25.